The van der Waals surface area contributed by atoms with Crippen molar-refractivity contribution >= 4 is 0 Å². The minimum atomic E-state index is -1.05. The molecule has 0 fully saturated rings. The maximum absolute atomic E-state index is 9.73. The smallest absolute Gasteiger partial charge is 0.122 e. The minimum Gasteiger partial charge on any atom is -0.390 e. The van der Waals surface area contributed by atoms with Crippen LogP contribution in [0, 0.1) is 6.92 Å². The number of pyridine rings is 1. The van der Waals surface area contributed by atoms with Gasteiger partial charge in [-0.15, -0.1) is 0 Å². The summed E-state index contributed by atoms with van der Waals surface area (Å²) in [6, 6.07) is 3.47. The number of aliphatic hydroxyl groups excluding tert-OH is 2. The summed E-state index contributed by atoms with van der Waals surface area (Å²) < 4.78 is 0. The molecular weight excluding hydrogens is 208 g/mol. The van der Waals surface area contributed by atoms with Gasteiger partial charge in [0.2, 0.25) is 0 Å². The molecule has 16 heavy (non-hydrogen) atoms. The highest BCUT2D eigenvalue weighted by atomic mass is 16.3. The Hall–Kier alpha value is -1.62. The molecule has 0 amide bonds. The quantitative estimate of drug-likeness (QED) is 0.448. The zero-order valence-electron chi connectivity index (χ0n) is 8.98. The van der Waals surface area contributed by atoms with Crippen LogP contribution in [0.4, 0.5) is 0 Å². The van der Waals surface area contributed by atoms with E-state index in [9.17, 15) is 10.2 Å². The van der Waals surface area contributed by atoms with E-state index in [1.165, 1.54) is 0 Å². The summed E-state index contributed by atoms with van der Waals surface area (Å²) in [5.41, 5.74) is 9.47. The van der Waals surface area contributed by atoms with Crippen LogP contribution in [0.15, 0.2) is 23.4 Å². The summed E-state index contributed by atoms with van der Waals surface area (Å²) in [5, 5.41) is 22.6. The molecule has 1 heterocycles. The first-order chi connectivity index (χ1) is 7.65. The predicted molar refractivity (Wildman–Crippen MR) is 58.6 cm³/mol. The van der Waals surface area contributed by atoms with Gasteiger partial charge in [0.25, 0.3) is 0 Å². The summed E-state index contributed by atoms with van der Waals surface area (Å²) in [6.45, 7) is 2.04. The van der Waals surface area contributed by atoms with Crippen LogP contribution in [0.2, 0.25) is 0 Å². The number of nitrogens with zero attached hydrogens (tertiary/aromatic N) is 4. The van der Waals surface area contributed by atoms with Crippen LogP contribution >= 0.6 is 0 Å². The molecule has 6 heteroatoms. The lowest BCUT2D eigenvalue weighted by Crippen LogP contribution is -2.20. The first-order valence-electron chi connectivity index (χ1n) is 4.94. The number of azide groups is 1. The van der Waals surface area contributed by atoms with E-state index < -0.39 is 12.2 Å². The molecule has 0 aromatic carbocycles. The molecule has 2 unspecified atom stereocenters. The summed E-state index contributed by atoms with van der Waals surface area (Å²) in [7, 11) is 0. The van der Waals surface area contributed by atoms with Gasteiger partial charge in [0, 0.05) is 17.7 Å². The van der Waals surface area contributed by atoms with Gasteiger partial charge in [0.1, 0.15) is 6.10 Å². The Bertz CT molecular complexity index is 373. The van der Waals surface area contributed by atoms with Gasteiger partial charge in [-0.2, -0.15) is 0 Å². The zero-order chi connectivity index (χ0) is 12.0. The first kappa shape index (κ1) is 12.4. The van der Waals surface area contributed by atoms with Crippen molar-refractivity contribution in [3.05, 3.63) is 40.0 Å². The monoisotopic (exact) mass is 222 g/mol. The molecule has 0 aliphatic heterocycles. The molecule has 2 atom stereocenters. The molecule has 2 N–H and O–H groups in total. The third kappa shape index (κ3) is 3.51. The van der Waals surface area contributed by atoms with Crippen LogP contribution in [-0.4, -0.2) is 27.8 Å². The van der Waals surface area contributed by atoms with Gasteiger partial charge in [-0.3, -0.25) is 4.98 Å². The third-order valence-corrected chi connectivity index (χ3v) is 2.19. The standard InChI is InChI=1S/C10H14N4O2/c1-7-2-3-8(12-6-7)10(16)9(15)4-5-13-14-11/h2-3,6,9-10,15-16H,4-5H2,1H3. The van der Waals surface area contributed by atoms with Crippen molar-refractivity contribution in [1.29, 1.82) is 0 Å². The molecule has 0 radical (unpaired) electrons. The van der Waals surface area contributed by atoms with Crippen LogP contribution in [0.25, 0.3) is 10.4 Å². The van der Waals surface area contributed by atoms with E-state index in [0.717, 1.165) is 5.56 Å². The second-order valence-electron chi connectivity index (χ2n) is 3.52. The van der Waals surface area contributed by atoms with Crippen LogP contribution in [0.5, 0.6) is 0 Å². The number of hydrogen-bond donors (Lipinski definition) is 2. The maximum Gasteiger partial charge on any atom is 0.122 e. The molecule has 1 aromatic rings. The molecule has 1 rings (SSSR count). The summed E-state index contributed by atoms with van der Waals surface area (Å²) in [4.78, 5) is 6.58. The average Bonchev–Trinajstić information content (AvgIpc) is 2.29. The van der Waals surface area contributed by atoms with Crippen LogP contribution in [0.3, 0.4) is 0 Å². The molecule has 86 valence electrons. The van der Waals surface area contributed by atoms with Crippen molar-refractivity contribution < 1.29 is 10.2 Å². The first-order valence-corrected chi connectivity index (χ1v) is 4.94. The molecule has 0 bridgehead atoms. The van der Waals surface area contributed by atoms with E-state index in [1.807, 2.05) is 13.0 Å². The van der Waals surface area contributed by atoms with Gasteiger partial charge in [-0.25, -0.2) is 0 Å². The topological polar surface area (TPSA) is 102 Å². The van der Waals surface area contributed by atoms with Crippen molar-refractivity contribution in [3.8, 4) is 0 Å². The fourth-order valence-corrected chi connectivity index (χ4v) is 1.24. The number of aromatic nitrogens is 1. The van der Waals surface area contributed by atoms with E-state index in [1.54, 1.807) is 12.3 Å². The van der Waals surface area contributed by atoms with Gasteiger partial charge in [0.15, 0.2) is 0 Å². The lowest BCUT2D eigenvalue weighted by atomic mass is 10.1. The highest BCUT2D eigenvalue weighted by molar-refractivity contribution is 5.14. The highest BCUT2D eigenvalue weighted by Crippen LogP contribution is 2.16. The minimum absolute atomic E-state index is 0.153. The van der Waals surface area contributed by atoms with E-state index >= 15 is 0 Å². The summed E-state index contributed by atoms with van der Waals surface area (Å²) in [6.07, 6.45) is -0.186. The molecular formula is C10H14N4O2. The molecule has 0 spiro atoms. The largest absolute Gasteiger partial charge is 0.390 e. The molecule has 0 saturated heterocycles. The normalized spacial score (nSPS) is 13.9. The van der Waals surface area contributed by atoms with Gasteiger partial charge in [-0.1, -0.05) is 11.2 Å². The summed E-state index contributed by atoms with van der Waals surface area (Å²) >= 11 is 0. The average molecular weight is 222 g/mol. The van der Waals surface area contributed by atoms with E-state index in [2.05, 4.69) is 15.0 Å². The molecule has 6 nitrogen and oxygen atoms in total. The zero-order valence-corrected chi connectivity index (χ0v) is 8.98. The second kappa shape index (κ2) is 6.07. The van der Waals surface area contributed by atoms with Crippen LogP contribution in [0.1, 0.15) is 23.8 Å². The number of rotatable bonds is 5. The number of aryl methyl sites for hydroxylation is 1. The van der Waals surface area contributed by atoms with E-state index in [0.29, 0.717) is 5.69 Å². The Labute approximate surface area is 93.2 Å². The van der Waals surface area contributed by atoms with Gasteiger partial charge < -0.3 is 10.2 Å². The van der Waals surface area contributed by atoms with Gasteiger partial charge in [-0.05, 0) is 30.5 Å². The molecule has 0 aliphatic rings. The van der Waals surface area contributed by atoms with Crippen molar-refractivity contribution in [2.24, 2.45) is 5.11 Å². The number of hydrogen-bond acceptors (Lipinski definition) is 4. The molecule has 1 aromatic heterocycles. The van der Waals surface area contributed by atoms with Crippen molar-refractivity contribution in [2.75, 3.05) is 6.54 Å². The van der Waals surface area contributed by atoms with E-state index in [4.69, 9.17) is 5.53 Å². The fourth-order valence-electron chi connectivity index (χ4n) is 1.24. The SMILES string of the molecule is Cc1ccc(C(O)C(O)CCN=[N+]=[N-])nc1. The Morgan fingerprint density at radius 2 is 2.25 bits per heavy atom. The van der Waals surface area contributed by atoms with Crippen molar-refractivity contribution in [2.45, 2.75) is 25.6 Å². The Kier molecular flexibility index (Phi) is 4.72. The Balaban J connectivity index is 2.58. The predicted octanol–water partition coefficient (Wildman–Crippen LogP) is 1.48. The third-order valence-electron chi connectivity index (χ3n) is 2.19. The van der Waals surface area contributed by atoms with Crippen LogP contribution in [-0.2, 0) is 0 Å². The van der Waals surface area contributed by atoms with Crippen LogP contribution < -0.4 is 0 Å². The summed E-state index contributed by atoms with van der Waals surface area (Å²) in [5.74, 6) is 0. The molecule has 0 saturated carbocycles. The Morgan fingerprint density at radius 3 is 2.81 bits per heavy atom. The highest BCUT2D eigenvalue weighted by Gasteiger charge is 2.18. The lowest BCUT2D eigenvalue weighted by Gasteiger charge is -2.16. The number of aliphatic hydroxyl groups is 2. The second-order valence-corrected chi connectivity index (χ2v) is 3.52. The van der Waals surface area contributed by atoms with E-state index in [-0.39, 0.29) is 13.0 Å². The van der Waals surface area contributed by atoms with Crippen molar-refractivity contribution in [3.63, 3.8) is 0 Å². The molecule has 0 aliphatic carbocycles. The van der Waals surface area contributed by atoms with Gasteiger partial charge >= 0.3 is 0 Å². The maximum atomic E-state index is 9.73. The Morgan fingerprint density at radius 1 is 1.50 bits per heavy atom. The van der Waals surface area contributed by atoms with Gasteiger partial charge in [0.05, 0.1) is 11.8 Å². The fraction of sp³-hybridized carbons (Fsp3) is 0.500. The lowest BCUT2D eigenvalue weighted by molar-refractivity contribution is 0.0125. The van der Waals surface area contributed by atoms with Crippen molar-refractivity contribution in [1.82, 2.24) is 4.98 Å².